The molecule has 1 aromatic carbocycles. The number of urea groups is 1. The largest absolute Gasteiger partial charge is 0.351 e. The Bertz CT molecular complexity index is 688. The maximum Gasteiger partial charge on any atom is 0.325 e. The first kappa shape index (κ1) is 17.9. The zero-order valence-electron chi connectivity index (χ0n) is 13.3. The number of carbonyl (C=O) groups is 2. The second-order valence-corrected chi connectivity index (χ2v) is 5.95. The first-order valence-electron chi connectivity index (χ1n) is 7.65. The Kier molecular flexibility index (Phi) is 6.68. The molecule has 0 fully saturated rings. The van der Waals surface area contributed by atoms with E-state index < -0.39 is 6.03 Å². The summed E-state index contributed by atoms with van der Waals surface area (Å²) in [4.78, 5) is 27.8. The van der Waals surface area contributed by atoms with Crippen molar-refractivity contribution in [2.45, 2.75) is 26.2 Å². The van der Waals surface area contributed by atoms with Crippen LogP contribution in [0.25, 0.3) is 0 Å². The highest BCUT2D eigenvalue weighted by Crippen LogP contribution is 2.16. The van der Waals surface area contributed by atoms with Crippen LogP contribution in [-0.4, -0.2) is 23.5 Å². The lowest BCUT2D eigenvalue weighted by Crippen LogP contribution is -2.25. The van der Waals surface area contributed by atoms with Crippen molar-refractivity contribution >= 4 is 34.1 Å². The Morgan fingerprint density at radius 3 is 2.62 bits per heavy atom. The lowest BCUT2D eigenvalue weighted by Gasteiger charge is -2.05. The molecular weight excluding hydrogens is 331 g/mol. The Hall–Kier alpha value is -2.48. The smallest absolute Gasteiger partial charge is 0.325 e. The monoisotopic (exact) mass is 350 g/mol. The van der Waals surface area contributed by atoms with Gasteiger partial charge in [0, 0.05) is 17.6 Å². The SMILES string of the molecule is CCCCCNC(=O)c1csc(NC(=O)Nc2ccc(F)cc2)n1. The molecule has 0 aliphatic carbocycles. The number of hydrogen-bond donors (Lipinski definition) is 3. The topological polar surface area (TPSA) is 83.1 Å². The van der Waals surface area contributed by atoms with Crippen LogP contribution in [0.4, 0.5) is 20.0 Å². The van der Waals surface area contributed by atoms with E-state index in [1.165, 1.54) is 24.3 Å². The molecule has 8 heteroatoms. The number of aromatic nitrogens is 1. The van der Waals surface area contributed by atoms with Gasteiger partial charge in [0.1, 0.15) is 11.5 Å². The third-order valence-corrected chi connectivity index (χ3v) is 3.88. The van der Waals surface area contributed by atoms with Crippen LogP contribution >= 0.6 is 11.3 Å². The number of anilines is 2. The van der Waals surface area contributed by atoms with E-state index in [0.29, 0.717) is 17.4 Å². The summed E-state index contributed by atoms with van der Waals surface area (Å²) < 4.78 is 12.8. The number of halogens is 1. The fraction of sp³-hybridized carbons (Fsp3) is 0.312. The molecule has 0 saturated heterocycles. The molecule has 0 radical (unpaired) electrons. The number of benzene rings is 1. The second-order valence-electron chi connectivity index (χ2n) is 5.09. The molecule has 3 amide bonds. The van der Waals surface area contributed by atoms with Gasteiger partial charge < -0.3 is 10.6 Å². The molecule has 2 rings (SSSR count). The van der Waals surface area contributed by atoms with Crippen LogP contribution in [0.3, 0.4) is 0 Å². The van der Waals surface area contributed by atoms with Crippen molar-refractivity contribution in [1.29, 1.82) is 0 Å². The van der Waals surface area contributed by atoms with Gasteiger partial charge in [-0.15, -0.1) is 11.3 Å². The normalized spacial score (nSPS) is 10.2. The molecule has 0 bridgehead atoms. The van der Waals surface area contributed by atoms with Crippen molar-refractivity contribution in [2.75, 3.05) is 17.2 Å². The molecule has 1 heterocycles. The lowest BCUT2D eigenvalue weighted by molar-refractivity contribution is 0.0948. The van der Waals surface area contributed by atoms with Gasteiger partial charge in [-0.05, 0) is 30.7 Å². The number of carbonyl (C=O) groups excluding carboxylic acids is 2. The Morgan fingerprint density at radius 2 is 1.92 bits per heavy atom. The number of nitrogens with zero attached hydrogens (tertiary/aromatic N) is 1. The summed E-state index contributed by atoms with van der Waals surface area (Å²) >= 11 is 1.16. The van der Waals surface area contributed by atoms with Gasteiger partial charge in [0.2, 0.25) is 0 Å². The second kappa shape index (κ2) is 8.97. The number of thiazole rings is 1. The first-order valence-corrected chi connectivity index (χ1v) is 8.53. The number of hydrogen-bond acceptors (Lipinski definition) is 4. The van der Waals surface area contributed by atoms with Crippen molar-refractivity contribution in [1.82, 2.24) is 10.3 Å². The average molecular weight is 350 g/mol. The van der Waals surface area contributed by atoms with Crippen molar-refractivity contribution in [2.24, 2.45) is 0 Å². The summed E-state index contributed by atoms with van der Waals surface area (Å²) in [6, 6.07) is 4.89. The minimum atomic E-state index is -0.508. The molecule has 3 N–H and O–H groups in total. The number of amides is 3. The Labute approximate surface area is 143 Å². The van der Waals surface area contributed by atoms with Crippen molar-refractivity contribution in [3.63, 3.8) is 0 Å². The first-order chi connectivity index (χ1) is 11.6. The molecule has 0 atom stereocenters. The maximum atomic E-state index is 12.8. The van der Waals surface area contributed by atoms with E-state index in [1.807, 2.05) is 0 Å². The van der Waals surface area contributed by atoms with Gasteiger partial charge in [0.05, 0.1) is 0 Å². The summed E-state index contributed by atoms with van der Waals surface area (Å²) in [6.07, 6.45) is 3.08. The summed E-state index contributed by atoms with van der Waals surface area (Å²) in [5.74, 6) is -0.634. The molecule has 0 aliphatic rings. The molecule has 24 heavy (non-hydrogen) atoms. The minimum absolute atomic E-state index is 0.255. The van der Waals surface area contributed by atoms with Crippen LogP contribution in [0.15, 0.2) is 29.6 Å². The summed E-state index contributed by atoms with van der Waals surface area (Å²) in [5, 5.41) is 9.78. The molecule has 128 valence electrons. The van der Waals surface area contributed by atoms with Crippen molar-refractivity contribution in [3.8, 4) is 0 Å². The quantitative estimate of drug-likeness (QED) is 0.663. The van der Waals surface area contributed by atoms with E-state index >= 15 is 0 Å². The molecule has 6 nitrogen and oxygen atoms in total. The van der Waals surface area contributed by atoms with Crippen LogP contribution in [0.2, 0.25) is 0 Å². The summed E-state index contributed by atoms with van der Waals surface area (Å²) in [7, 11) is 0. The fourth-order valence-corrected chi connectivity index (χ4v) is 2.58. The highest BCUT2D eigenvalue weighted by molar-refractivity contribution is 7.14. The minimum Gasteiger partial charge on any atom is -0.351 e. The third kappa shape index (κ3) is 5.62. The average Bonchev–Trinajstić information content (AvgIpc) is 3.02. The van der Waals surface area contributed by atoms with E-state index in [4.69, 9.17) is 0 Å². The van der Waals surface area contributed by atoms with E-state index in [2.05, 4.69) is 27.9 Å². The van der Waals surface area contributed by atoms with Gasteiger partial charge in [-0.25, -0.2) is 14.2 Å². The third-order valence-electron chi connectivity index (χ3n) is 3.13. The predicted molar refractivity (Wildman–Crippen MR) is 93.0 cm³/mol. The molecular formula is C16H19FN4O2S. The summed E-state index contributed by atoms with van der Waals surface area (Å²) in [6.45, 7) is 2.70. The van der Waals surface area contributed by atoms with Crippen LogP contribution in [0, 0.1) is 5.82 Å². The summed E-state index contributed by atoms with van der Waals surface area (Å²) in [5.41, 5.74) is 0.730. The van der Waals surface area contributed by atoms with Gasteiger partial charge in [0.25, 0.3) is 5.91 Å². The zero-order chi connectivity index (χ0) is 17.4. The van der Waals surface area contributed by atoms with Crippen molar-refractivity contribution in [3.05, 3.63) is 41.2 Å². The number of nitrogens with one attached hydrogen (secondary N) is 3. The Morgan fingerprint density at radius 1 is 1.17 bits per heavy atom. The number of unbranched alkanes of at least 4 members (excludes halogenated alkanes) is 2. The molecule has 2 aromatic rings. The van der Waals surface area contributed by atoms with E-state index in [0.717, 1.165) is 30.6 Å². The van der Waals surface area contributed by atoms with E-state index in [-0.39, 0.29) is 17.4 Å². The molecule has 0 aliphatic heterocycles. The van der Waals surface area contributed by atoms with Gasteiger partial charge in [0.15, 0.2) is 5.13 Å². The standard InChI is InChI=1S/C16H19FN4O2S/c1-2-3-4-9-18-14(22)13-10-24-16(20-13)21-15(23)19-12-7-5-11(17)6-8-12/h5-8,10H,2-4,9H2,1H3,(H,18,22)(H2,19,20,21,23). The highest BCUT2D eigenvalue weighted by Gasteiger charge is 2.12. The van der Waals surface area contributed by atoms with Crippen LogP contribution in [0.5, 0.6) is 0 Å². The van der Waals surface area contributed by atoms with E-state index in [1.54, 1.807) is 5.38 Å². The van der Waals surface area contributed by atoms with Gasteiger partial charge >= 0.3 is 6.03 Å². The predicted octanol–water partition coefficient (Wildman–Crippen LogP) is 3.85. The van der Waals surface area contributed by atoms with Gasteiger partial charge in [-0.3, -0.25) is 10.1 Å². The zero-order valence-corrected chi connectivity index (χ0v) is 14.1. The molecule has 1 aromatic heterocycles. The van der Waals surface area contributed by atoms with Gasteiger partial charge in [-0.1, -0.05) is 19.8 Å². The van der Waals surface area contributed by atoms with Crippen LogP contribution < -0.4 is 16.0 Å². The van der Waals surface area contributed by atoms with Crippen LogP contribution in [0.1, 0.15) is 36.7 Å². The van der Waals surface area contributed by atoms with E-state index in [9.17, 15) is 14.0 Å². The molecule has 0 saturated carbocycles. The Balaban J connectivity index is 1.83. The fourth-order valence-electron chi connectivity index (χ4n) is 1.90. The molecule has 0 spiro atoms. The van der Waals surface area contributed by atoms with Crippen LogP contribution in [-0.2, 0) is 0 Å². The molecule has 0 unspecified atom stereocenters. The van der Waals surface area contributed by atoms with Gasteiger partial charge in [-0.2, -0.15) is 0 Å². The number of rotatable bonds is 7. The van der Waals surface area contributed by atoms with Crippen molar-refractivity contribution < 1.29 is 14.0 Å². The highest BCUT2D eigenvalue weighted by atomic mass is 32.1. The maximum absolute atomic E-state index is 12.8. The lowest BCUT2D eigenvalue weighted by atomic mass is 10.2.